The van der Waals surface area contributed by atoms with Gasteiger partial charge in [0.15, 0.2) is 5.78 Å². The molecule has 86 valence electrons. The summed E-state index contributed by atoms with van der Waals surface area (Å²) in [6, 6.07) is 6.75. The number of Topliss-reactive ketones (excluding diaryl/α,β-unsaturated/α-hetero) is 1. The SMILES string of the molecule is CCC(=O)N=CC1=C(O)c2ccccc2C1=O. The molecule has 0 spiro atoms. The van der Waals surface area contributed by atoms with Crippen LogP contribution in [0.25, 0.3) is 5.76 Å². The van der Waals surface area contributed by atoms with Crippen molar-refractivity contribution in [1.82, 2.24) is 0 Å². The number of hydrogen-bond donors (Lipinski definition) is 1. The van der Waals surface area contributed by atoms with E-state index < -0.39 is 0 Å². The van der Waals surface area contributed by atoms with Crippen molar-refractivity contribution in [1.29, 1.82) is 0 Å². The van der Waals surface area contributed by atoms with Crippen LogP contribution in [0.4, 0.5) is 0 Å². The molecule has 0 aliphatic heterocycles. The zero-order valence-electron chi connectivity index (χ0n) is 9.30. The largest absolute Gasteiger partial charge is 0.506 e. The number of aliphatic hydroxyl groups is 1. The van der Waals surface area contributed by atoms with Gasteiger partial charge in [-0.05, 0) is 0 Å². The lowest BCUT2D eigenvalue weighted by Gasteiger charge is -1.95. The second-order valence-electron chi connectivity index (χ2n) is 3.64. The number of rotatable bonds is 2. The number of allylic oxidation sites excluding steroid dienone is 1. The maximum Gasteiger partial charge on any atom is 0.245 e. The molecule has 1 aliphatic rings. The van der Waals surface area contributed by atoms with E-state index in [1.165, 1.54) is 0 Å². The Hall–Kier alpha value is -2.23. The lowest BCUT2D eigenvalue weighted by molar-refractivity contribution is -0.117. The highest BCUT2D eigenvalue weighted by Gasteiger charge is 2.27. The average Bonchev–Trinajstić information content (AvgIpc) is 2.60. The van der Waals surface area contributed by atoms with Gasteiger partial charge < -0.3 is 5.11 Å². The molecule has 0 aromatic heterocycles. The molecule has 1 aliphatic carbocycles. The molecular weight excluding hydrogens is 218 g/mol. The molecule has 2 rings (SSSR count). The van der Waals surface area contributed by atoms with Gasteiger partial charge in [-0.3, -0.25) is 9.59 Å². The second kappa shape index (κ2) is 4.33. The minimum absolute atomic E-state index is 0.0769. The zero-order chi connectivity index (χ0) is 12.4. The summed E-state index contributed by atoms with van der Waals surface area (Å²) in [5.41, 5.74) is 1.01. The molecule has 0 saturated carbocycles. The summed E-state index contributed by atoms with van der Waals surface area (Å²) in [5, 5.41) is 9.85. The molecule has 1 N–H and O–H groups in total. The van der Waals surface area contributed by atoms with Gasteiger partial charge in [-0.25, -0.2) is 4.99 Å². The van der Waals surface area contributed by atoms with Crippen LogP contribution < -0.4 is 0 Å². The molecule has 0 radical (unpaired) electrons. The van der Waals surface area contributed by atoms with Crippen LogP contribution in [0.5, 0.6) is 0 Å². The van der Waals surface area contributed by atoms with E-state index in [9.17, 15) is 14.7 Å². The lowest BCUT2D eigenvalue weighted by Crippen LogP contribution is -2.01. The van der Waals surface area contributed by atoms with Gasteiger partial charge in [-0.2, -0.15) is 0 Å². The van der Waals surface area contributed by atoms with Gasteiger partial charge in [0.05, 0.1) is 5.57 Å². The lowest BCUT2D eigenvalue weighted by atomic mass is 10.1. The minimum Gasteiger partial charge on any atom is -0.506 e. The van der Waals surface area contributed by atoms with Crippen molar-refractivity contribution in [3.8, 4) is 0 Å². The Morgan fingerprint density at radius 3 is 2.59 bits per heavy atom. The molecule has 0 saturated heterocycles. The Kier molecular flexibility index (Phi) is 2.87. The Labute approximate surface area is 98.3 Å². The molecule has 1 amide bonds. The Morgan fingerprint density at radius 1 is 1.35 bits per heavy atom. The first-order valence-corrected chi connectivity index (χ1v) is 5.29. The number of fused-ring (bicyclic) bond motifs is 1. The average molecular weight is 229 g/mol. The summed E-state index contributed by atoms with van der Waals surface area (Å²) in [4.78, 5) is 26.5. The van der Waals surface area contributed by atoms with Crippen molar-refractivity contribution < 1.29 is 14.7 Å². The molecule has 1 aromatic rings. The third-order valence-electron chi connectivity index (χ3n) is 2.57. The number of hydrogen-bond acceptors (Lipinski definition) is 3. The van der Waals surface area contributed by atoms with Crippen LogP contribution in [0, 0.1) is 0 Å². The van der Waals surface area contributed by atoms with Gasteiger partial charge in [-0.15, -0.1) is 0 Å². The predicted octanol–water partition coefficient (Wildman–Crippen LogP) is 2.16. The highest BCUT2D eigenvalue weighted by atomic mass is 16.3. The van der Waals surface area contributed by atoms with Crippen LogP contribution in [-0.2, 0) is 4.79 Å². The summed E-state index contributed by atoms with van der Waals surface area (Å²) >= 11 is 0. The van der Waals surface area contributed by atoms with Crippen molar-refractivity contribution in [2.24, 2.45) is 4.99 Å². The number of amides is 1. The van der Waals surface area contributed by atoms with E-state index in [1.54, 1.807) is 31.2 Å². The Bertz CT molecular complexity index is 556. The van der Waals surface area contributed by atoms with Gasteiger partial charge in [0.2, 0.25) is 5.91 Å². The number of aliphatic imine (C=N–C) groups is 1. The van der Waals surface area contributed by atoms with Crippen molar-refractivity contribution in [2.75, 3.05) is 0 Å². The van der Waals surface area contributed by atoms with E-state index in [0.29, 0.717) is 11.1 Å². The van der Waals surface area contributed by atoms with E-state index in [0.717, 1.165) is 6.21 Å². The van der Waals surface area contributed by atoms with E-state index >= 15 is 0 Å². The molecule has 0 unspecified atom stereocenters. The summed E-state index contributed by atoms with van der Waals surface area (Å²) < 4.78 is 0. The zero-order valence-corrected chi connectivity index (χ0v) is 9.30. The fourth-order valence-corrected chi connectivity index (χ4v) is 1.63. The van der Waals surface area contributed by atoms with Crippen LogP contribution in [-0.4, -0.2) is 23.0 Å². The third kappa shape index (κ3) is 1.89. The molecule has 4 heteroatoms. The van der Waals surface area contributed by atoms with E-state index in [-0.39, 0.29) is 29.4 Å². The molecule has 0 bridgehead atoms. The molecule has 17 heavy (non-hydrogen) atoms. The van der Waals surface area contributed by atoms with Gasteiger partial charge in [0.25, 0.3) is 0 Å². The molecule has 0 fully saturated rings. The number of nitrogens with zero attached hydrogens (tertiary/aromatic N) is 1. The molecule has 0 atom stereocenters. The summed E-state index contributed by atoms with van der Waals surface area (Å²) in [5.74, 6) is -0.738. The number of carbonyl (C=O) groups excluding carboxylic acids is 2. The van der Waals surface area contributed by atoms with Crippen LogP contribution >= 0.6 is 0 Å². The van der Waals surface area contributed by atoms with Gasteiger partial charge >= 0.3 is 0 Å². The van der Waals surface area contributed by atoms with Crippen molar-refractivity contribution in [3.63, 3.8) is 0 Å². The fraction of sp³-hybridized carbons (Fsp3) is 0.154. The highest BCUT2D eigenvalue weighted by molar-refractivity contribution is 6.30. The van der Waals surface area contributed by atoms with Gasteiger partial charge in [-0.1, -0.05) is 31.2 Å². The van der Waals surface area contributed by atoms with Gasteiger partial charge in [0.1, 0.15) is 5.76 Å². The molecular formula is C13H11NO3. The maximum atomic E-state index is 11.9. The molecule has 4 nitrogen and oxygen atoms in total. The van der Waals surface area contributed by atoms with Crippen LogP contribution in [0.15, 0.2) is 34.8 Å². The maximum absolute atomic E-state index is 11.9. The quantitative estimate of drug-likeness (QED) is 0.790. The smallest absolute Gasteiger partial charge is 0.245 e. The number of ketones is 1. The number of benzene rings is 1. The van der Waals surface area contributed by atoms with Crippen LogP contribution in [0.1, 0.15) is 29.3 Å². The minimum atomic E-state index is -0.325. The van der Waals surface area contributed by atoms with Crippen molar-refractivity contribution in [3.05, 3.63) is 41.0 Å². The first kappa shape index (κ1) is 11.3. The monoisotopic (exact) mass is 229 g/mol. The normalized spacial score (nSPS) is 14.5. The molecule has 0 heterocycles. The summed E-state index contributed by atoms with van der Waals surface area (Å²) in [6.45, 7) is 1.68. The third-order valence-corrected chi connectivity index (χ3v) is 2.57. The standard InChI is InChI=1S/C13H11NO3/c1-2-11(15)14-7-10-12(16)8-5-3-4-6-9(8)13(10)17/h3-7,16H,2H2,1H3. The van der Waals surface area contributed by atoms with Crippen molar-refractivity contribution in [2.45, 2.75) is 13.3 Å². The second-order valence-corrected chi connectivity index (χ2v) is 3.64. The van der Waals surface area contributed by atoms with E-state index in [4.69, 9.17) is 0 Å². The topological polar surface area (TPSA) is 66.7 Å². The fourth-order valence-electron chi connectivity index (χ4n) is 1.63. The van der Waals surface area contributed by atoms with Crippen molar-refractivity contribution >= 4 is 23.7 Å². The van der Waals surface area contributed by atoms with E-state index in [2.05, 4.69) is 4.99 Å². The van der Waals surface area contributed by atoms with E-state index in [1.807, 2.05) is 0 Å². The highest BCUT2D eigenvalue weighted by Crippen LogP contribution is 2.29. The van der Waals surface area contributed by atoms with Gasteiger partial charge in [0, 0.05) is 23.8 Å². The summed E-state index contributed by atoms with van der Waals surface area (Å²) in [6.07, 6.45) is 1.41. The Morgan fingerprint density at radius 2 is 2.00 bits per heavy atom. The predicted molar refractivity (Wildman–Crippen MR) is 64.1 cm³/mol. The first-order chi connectivity index (χ1) is 8.15. The number of carbonyl (C=O) groups is 2. The van der Waals surface area contributed by atoms with Crippen LogP contribution in [0.2, 0.25) is 0 Å². The Balaban J connectivity index is 2.39. The van der Waals surface area contributed by atoms with Crippen LogP contribution in [0.3, 0.4) is 0 Å². The summed E-state index contributed by atoms with van der Waals surface area (Å²) in [7, 11) is 0. The number of aliphatic hydroxyl groups excluding tert-OH is 1. The molecule has 1 aromatic carbocycles. The first-order valence-electron chi connectivity index (χ1n) is 5.29.